The zero-order valence-corrected chi connectivity index (χ0v) is 17.6. The van der Waals surface area contributed by atoms with Gasteiger partial charge in [-0.05, 0) is 49.8 Å². The van der Waals surface area contributed by atoms with Gasteiger partial charge in [0.05, 0.1) is 19.1 Å². The molecule has 0 bridgehead atoms. The van der Waals surface area contributed by atoms with Crippen LogP contribution in [-0.4, -0.2) is 48.2 Å². The molecule has 1 N–H and O–H groups in total. The lowest BCUT2D eigenvalue weighted by molar-refractivity contribution is -0.137. The van der Waals surface area contributed by atoms with Gasteiger partial charge in [0.25, 0.3) is 0 Å². The number of ketones is 1. The predicted molar refractivity (Wildman–Crippen MR) is 106 cm³/mol. The molecule has 158 valence electrons. The van der Waals surface area contributed by atoms with Gasteiger partial charge in [-0.1, -0.05) is 18.5 Å². The van der Waals surface area contributed by atoms with Crippen molar-refractivity contribution in [2.45, 2.75) is 51.0 Å². The van der Waals surface area contributed by atoms with Gasteiger partial charge in [-0.2, -0.15) is 0 Å². The summed E-state index contributed by atoms with van der Waals surface area (Å²) in [7, 11) is 1.45. The average molecular weight is 425 g/mol. The second kappa shape index (κ2) is 8.30. The van der Waals surface area contributed by atoms with Crippen LogP contribution in [0.3, 0.4) is 0 Å². The molecule has 0 aliphatic carbocycles. The number of amides is 2. The molecule has 2 amide bonds. The van der Waals surface area contributed by atoms with Crippen molar-refractivity contribution in [1.82, 2.24) is 10.2 Å². The number of Topliss-reactive ketones (excluding diaryl/α,β-unsaturated/α-hetero) is 1. The highest BCUT2D eigenvalue weighted by atomic mass is 35.5. The van der Waals surface area contributed by atoms with Gasteiger partial charge in [0.15, 0.2) is 5.78 Å². The number of nitrogens with one attached hydrogen (secondary N) is 1. The molecule has 29 heavy (non-hydrogen) atoms. The summed E-state index contributed by atoms with van der Waals surface area (Å²) in [5, 5.41) is 2.67. The standard InChI is InChI=1S/C21H26ClFN2O4/c1-12(11-21(2)17(26)10-18(27)24-21)20(28)25-6-4-13(5-7-25)14-8-15(23)19(22)16(9-14)29-3/h8-9,12-13H,4-7,10-11H2,1-3H3,(H,24,27)/t12-,21-/m1/s1. The molecule has 0 radical (unpaired) electrons. The Morgan fingerprint density at radius 3 is 2.59 bits per heavy atom. The fourth-order valence-corrected chi connectivity index (χ4v) is 4.53. The summed E-state index contributed by atoms with van der Waals surface area (Å²) in [6, 6.07) is 3.19. The van der Waals surface area contributed by atoms with E-state index in [1.54, 1.807) is 24.8 Å². The van der Waals surface area contributed by atoms with Crippen molar-refractivity contribution >= 4 is 29.2 Å². The largest absolute Gasteiger partial charge is 0.495 e. The first-order valence-corrected chi connectivity index (χ1v) is 10.2. The van der Waals surface area contributed by atoms with Crippen LogP contribution in [0.5, 0.6) is 5.75 Å². The van der Waals surface area contributed by atoms with Crippen molar-refractivity contribution < 1.29 is 23.5 Å². The Kier molecular flexibility index (Phi) is 6.17. The van der Waals surface area contributed by atoms with E-state index in [9.17, 15) is 18.8 Å². The van der Waals surface area contributed by atoms with Gasteiger partial charge >= 0.3 is 0 Å². The number of nitrogens with zero attached hydrogens (tertiary/aromatic N) is 1. The van der Waals surface area contributed by atoms with Gasteiger partial charge in [0, 0.05) is 19.0 Å². The first-order chi connectivity index (χ1) is 13.6. The molecule has 2 fully saturated rings. The van der Waals surface area contributed by atoms with Crippen LogP contribution in [0.25, 0.3) is 0 Å². The lowest BCUT2D eigenvalue weighted by Crippen LogP contribution is -2.48. The smallest absolute Gasteiger partial charge is 0.228 e. The quantitative estimate of drug-likeness (QED) is 0.737. The third-order valence-corrected chi connectivity index (χ3v) is 6.37. The van der Waals surface area contributed by atoms with Crippen LogP contribution in [0.4, 0.5) is 4.39 Å². The lowest BCUT2D eigenvalue weighted by Gasteiger charge is -2.35. The van der Waals surface area contributed by atoms with E-state index in [2.05, 4.69) is 5.32 Å². The normalized spacial score (nSPS) is 23.8. The van der Waals surface area contributed by atoms with Crippen LogP contribution in [0, 0.1) is 11.7 Å². The van der Waals surface area contributed by atoms with Crippen LogP contribution >= 0.6 is 11.6 Å². The Bertz CT molecular complexity index is 838. The average Bonchev–Trinajstić information content (AvgIpc) is 2.94. The van der Waals surface area contributed by atoms with Crippen LogP contribution in [0.15, 0.2) is 12.1 Å². The first-order valence-electron chi connectivity index (χ1n) is 9.80. The highest BCUT2D eigenvalue weighted by molar-refractivity contribution is 6.32. The molecule has 2 atom stereocenters. The van der Waals surface area contributed by atoms with Gasteiger partial charge in [-0.15, -0.1) is 0 Å². The maximum absolute atomic E-state index is 14.0. The van der Waals surface area contributed by atoms with Gasteiger partial charge in [0.2, 0.25) is 11.8 Å². The van der Waals surface area contributed by atoms with E-state index < -0.39 is 11.4 Å². The number of ether oxygens (including phenoxy) is 1. The second-order valence-electron chi connectivity index (χ2n) is 8.20. The van der Waals surface area contributed by atoms with E-state index in [0.717, 1.165) is 5.56 Å². The summed E-state index contributed by atoms with van der Waals surface area (Å²) in [6.07, 6.45) is 1.57. The molecule has 8 heteroatoms. The Balaban J connectivity index is 1.60. The maximum atomic E-state index is 14.0. The number of methoxy groups -OCH3 is 1. The van der Waals surface area contributed by atoms with E-state index in [-0.39, 0.29) is 47.3 Å². The number of rotatable bonds is 5. The Labute approximate surface area is 174 Å². The van der Waals surface area contributed by atoms with Crippen molar-refractivity contribution in [3.05, 3.63) is 28.5 Å². The highest BCUT2D eigenvalue weighted by Crippen LogP contribution is 2.36. The van der Waals surface area contributed by atoms with Crippen LogP contribution < -0.4 is 10.1 Å². The van der Waals surface area contributed by atoms with Crippen molar-refractivity contribution in [1.29, 1.82) is 0 Å². The summed E-state index contributed by atoms with van der Waals surface area (Å²) in [5.41, 5.74) is -0.155. The summed E-state index contributed by atoms with van der Waals surface area (Å²) in [4.78, 5) is 38.2. The summed E-state index contributed by atoms with van der Waals surface area (Å²) < 4.78 is 19.2. The fourth-order valence-electron chi connectivity index (χ4n) is 4.34. The summed E-state index contributed by atoms with van der Waals surface area (Å²) in [5.74, 6) is -0.952. The van der Waals surface area contributed by atoms with Crippen molar-refractivity contribution in [3.63, 3.8) is 0 Å². The van der Waals surface area contributed by atoms with Gasteiger partial charge < -0.3 is 15.0 Å². The van der Waals surface area contributed by atoms with Crippen LogP contribution in [0.1, 0.15) is 51.0 Å². The first kappa shape index (κ1) is 21.6. The summed E-state index contributed by atoms with van der Waals surface area (Å²) >= 11 is 5.90. The molecular formula is C21H26ClFN2O4. The Morgan fingerprint density at radius 2 is 2.03 bits per heavy atom. The molecule has 0 aromatic heterocycles. The molecule has 1 aromatic rings. The van der Waals surface area contributed by atoms with Gasteiger partial charge in [-0.3, -0.25) is 14.4 Å². The van der Waals surface area contributed by atoms with E-state index in [0.29, 0.717) is 31.7 Å². The molecule has 6 nitrogen and oxygen atoms in total. The number of hydrogen-bond acceptors (Lipinski definition) is 4. The molecule has 1 aromatic carbocycles. The minimum atomic E-state index is -0.970. The minimum absolute atomic E-state index is 0.0280. The number of halogens is 2. The monoisotopic (exact) mass is 424 g/mol. The molecule has 2 saturated heterocycles. The molecule has 0 saturated carbocycles. The molecule has 2 heterocycles. The van der Waals surface area contributed by atoms with Crippen molar-refractivity contribution in [3.8, 4) is 5.75 Å². The van der Waals surface area contributed by atoms with Crippen molar-refractivity contribution in [2.24, 2.45) is 5.92 Å². The zero-order valence-electron chi connectivity index (χ0n) is 16.9. The summed E-state index contributed by atoms with van der Waals surface area (Å²) in [6.45, 7) is 4.57. The Hall–Kier alpha value is -2.15. The Morgan fingerprint density at radius 1 is 1.38 bits per heavy atom. The van der Waals surface area contributed by atoms with E-state index in [4.69, 9.17) is 16.3 Å². The predicted octanol–water partition coefficient (Wildman–Crippen LogP) is 3.07. The van der Waals surface area contributed by atoms with Gasteiger partial charge in [-0.25, -0.2) is 4.39 Å². The molecule has 2 aliphatic heterocycles. The number of carbonyl (C=O) groups is 3. The topological polar surface area (TPSA) is 75.7 Å². The van der Waals surface area contributed by atoms with Gasteiger partial charge in [0.1, 0.15) is 16.6 Å². The third-order valence-electron chi connectivity index (χ3n) is 6.00. The zero-order chi connectivity index (χ0) is 21.3. The second-order valence-corrected chi connectivity index (χ2v) is 8.58. The minimum Gasteiger partial charge on any atom is -0.495 e. The number of piperidine rings is 1. The van der Waals surface area contributed by atoms with Crippen LogP contribution in [0.2, 0.25) is 5.02 Å². The number of benzene rings is 1. The maximum Gasteiger partial charge on any atom is 0.228 e. The molecular weight excluding hydrogens is 399 g/mol. The van der Waals surface area contributed by atoms with E-state index in [1.807, 2.05) is 0 Å². The number of likely N-dealkylation sites (tertiary alicyclic amines) is 1. The number of hydrogen-bond donors (Lipinski definition) is 1. The highest BCUT2D eigenvalue weighted by Gasteiger charge is 2.44. The SMILES string of the molecule is COc1cc(C2CCN(C(=O)[C@H](C)C[C@@]3(C)NC(=O)CC3=O)CC2)cc(F)c1Cl. The molecule has 2 aliphatic rings. The van der Waals surface area contributed by atoms with Crippen molar-refractivity contribution in [2.75, 3.05) is 20.2 Å². The molecule has 0 unspecified atom stereocenters. The van der Waals surface area contributed by atoms with E-state index in [1.165, 1.54) is 13.2 Å². The fraction of sp³-hybridized carbons (Fsp3) is 0.571. The molecule has 3 rings (SSSR count). The molecule has 0 spiro atoms. The third kappa shape index (κ3) is 4.39. The van der Waals surface area contributed by atoms with E-state index >= 15 is 0 Å². The number of carbonyl (C=O) groups excluding carboxylic acids is 3. The lowest BCUT2D eigenvalue weighted by atomic mass is 9.85. The van der Waals surface area contributed by atoms with Crippen LogP contribution in [-0.2, 0) is 14.4 Å².